The molecule has 3 atom stereocenters. The summed E-state index contributed by atoms with van der Waals surface area (Å²) in [6.07, 6.45) is -1.56. The minimum atomic E-state index is -0.669. The average molecular weight is 472 g/mol. The van der Waals surface area contributed by atoms with Gasteiger partial charge in [0.2, 0.25) is 0 Å². The van der Waals surface area contributed by atoms with Crippen molar-refractivity contribution in [3.05, 3.63) is 95.1 Å². The minimum absolute atomic E-state index is 0.0736. The zero-order chi connectivity index (χ0) is 24.4. The van der Waals surface area contributed by atoms with Crippen LogP contribution in [0.2, 0.25) is 0 Å². The quantitative estimate of drug-likeness (QED) is 0.384. The number of rotatable bonds is 6. The summed E-state index contributed by atoms with van der Waals surface area (Å²) in [4.78, 5) is 26.8. The zero-order valence-electron chi connectivity index (χ0n) is 19.5. The molecule has 1 aliphatic rings. The van der Waals surface area contributed by atoms with Crippen LogP contribution in [0.5, 0.6) is 0 Å². The monoisotopic (exact) mass is 471 g/mol. The van der Waals surface area contributed by atoms with Crippen molar-refractivity contribution >= 4 is 23.0 Å². The van der Waals surface area contributed by atoms with Gasteiger partial charge >= 0.3 is 11.9 Å². The fraction of sp³-hybridized carbons (Fsp3) is 0.259. The largest absolute Gasteiger partial charge is 0.459 e. The summed E-state index contributed by atoms with van der Waals surface area (Å²) in [6, 6.07) is 21.8. The van der Waals surface area contributed by atoms with E-state index in [0.717, 1.165) is 22.2 Å². The second kappa shape index (κ2) is 9.68. The second-order valence-electron chi connectivity index (χ2n) is 8.65. The van der Waals surface area contributed by atoms with E-state index in [-0.39, 0.29) is 6.61 Å². The molecule has 0 radical (unpaired) electrons. The van der Waals surface area contributed by atoms with Crippen molar-refractivity contribution in [1.29, 1.82) is 0 Å². The van der Waals surface area contributed by atoms with Crippen LogP contribution in [0.1, 0.15) is 44.5 Å². The number of carbonyl (C=O) groups excluding carboxylic acids is 2. The van der Waals surface area contributed by atoms with Crippen LogP contribution in [0.15, 0.2) is 72.8 Å². The minimum Gasteiger partial charge on any atom is -0.459 e. The smallest absolute Gasteiger partial charge is 0.338 e. The topological polar surface area (TPSA) is 92.5 Å². The van der Waals surface area contributed by atoms with E-state index in [1.54, 1.807) is 24.3 Å². The summed E-state index contributed by atoms with van der Waals surface area (Å²) in [6.45, 7) is 3.82. The zero-order valence-corrected chi connectivity index (χ0v) is 19.5. The van der Waals surface area contributed by atoms with E-state index in [1.807, 2.05) is 62.4 Å². The number of esters is 2. The van der Waals surface area contributed by atoms with Gasteiger partial charge in [0.25, 0.3) is 0 Å². The molecule has 0 N–H and O–H groups in total. The predicted molar refractivity (Wildman–Crippen MR) is 128 cm³/mol. The van der Waals surface area contributed by atoms with Gasteiger partial charge in [-0.05, 0) is 50.2 Å². The lowest BCUT2D eigenvalue weighted by Gasteiger charge is -2.19. The number of carbonyl (C=O) groups is 2. The van der Waals surface area contributed by atoms with Crippen LogP contribution in [0.3, 0.4) is 0 Å². The molecule has 1 saturated heterocycles. The van der Waals surface area contributed by atoms with E-state index in [9.17, 15) is 9.59 Å². The maximum Gasteiger partial charge on any atom is 0.338 e. The standard InChI is InChI=1S/C27H25N3O5/c1-17-7-11-19(12-8-17)26(31)33-16-24-23(35-27(32)20-13-9-18(2)10-14-20)15-25(34-24)30-28-21-5-3-4-6-22(21)29-30/h3-14,23-25H,15-16H2,1-2H3/t23-,24+,25+/m0/s1. The number of hydrogen-bond donors (Lipinski definition) is 0. The molecule has 0 spiro atoms. The van der Waals surface area contributed by atoms with Gasteiger partial charge in [-0.25, -0.2) is 9.59 Å². The summed E-state index contributed by atoms with van der Waals surface area (Å²) in [7, 11) is 0. The molecule has 35 heavy (non-hydrogen) atoms. The molecule has 5 rings (SSSR count). The Morgan fingerprint density at radius 3 is 1.97 bits per heavy atom. The maximum absolute atomic E-state index is 12.8. The molecule has 4 aromatic rings. The van der Waals surface area contributed by atoms with E-state index in [1.165, 1.54) is 4.80 Å². The molecule has 1 aliphatic heterocycles. The first-order chi connectivity index (χ1) is 17.0. The molecule has 178 valence electrons. The number of benzene rings is 3. The van der Waals surface area contributed by atoms with Crippen molar-refractivity contribution < 1.29 is 23.8 Å². The maximum atomic E-state index is 12.8. The number of aromatic nitrogens is 3. The van der Waals surface area contributed by atoms with Crippen LogP contribution in [-0.2, 0) is 14.2 Å². The van der Waals surface area contributed by atoms with Gasteiger partial charge in [-0.3, -0.25) is 0 Å². The highest BCUT2D eigenvalue weighted by molar-refractivity contribution is 5.90. The Morgan fingerprint density at radius 1 is 0.857 bits per heavy atom. The Labute approximate surface area is 202 Å². The van der Waals surface area contributed by atoms with Crippen LogP contribution >= 0.6 is 0 Å². The highest BCUT2D eigenvalue weighted by Crippen LogP contribution is 2.31. The third kappa shape index (κ3) is 5.07. The summed E-state index contributed by atoms with van der Waals surface area (Å²) < 4.78 is 17.5. The molecule has 8 heteroatoms. The predicted octanol–water partition coefficient (Wildman–Crippen LogP) is 4.42. The fourth-order valence-corrected chi connectivity index (χ4v) is 3.95. The van der Waals surface area contributed by atoms with Crippen molar-refractivity contribution in [2.45, 2.75) is 38.7 Å². The van der Waals surface area contributed by atoms with E-state index in [4.69, 9.17) is 14.2 Å². The number of hydrogen-bond acceptors (Lipinski definition) is 7. The molecule has 1 aromatic heterocycles. The van der Waals surface area contributed by atoms with Gasteiger partial charge in [0.05, 0.1) is 11.1 Å². The number of nitrogens with zero attached hydrogens (tertiary/aromatic N) is 3. The Morgan fingerprint density at radius 2 is 1.40 bits per heavy atom. The van der Waals surface area contributed by atoms with E-state index < -0.39 is 30.4 Å². The first kappa shape index (κ1) is 22.7. The normalized spacial score (nSPS) is 19.5. The molecule has 0 saturated carbocycles. The van der Waals surface area contributed by atoms with Crippen LogP contribution < -0.4 is 0 Å². The summed E-state index contributed by atoms with van der Waals surface area (Å²) >= 11 is 0. The molecule has 8 nitrogen and oxygen atoms in total. The van der Waals surface area contributed by atoms with E-state index >= 15 is 0 Å². The van der Waals surface area contributed by atoms with Gasteiger partial charge < -0.3 is 14.2 Å². The molecule has 3 aromatic carbocycles. The van der Waals surface area contributed by atoms with Gasteiger partial charge in [0.15, 0.2) is 6.23 Å². The van der Waals surface area contributed by atoms with Crippen molar-refractivity contribution in [2.24, 2.45) is 0 Å². The number of fused-ring (bicyclic) bond motifs is 1. The Hall–Kier alpha value is -4.04. The molecule has 0 aliphatic carbocycles. The Bertz CT molecular complexity index is 1310. The average Bonchev–Trinajstić information content (AvgIpc) is 3.47. The van der Waals surface area contributed by atoms with Gasteiger partial charge in [-0.2, -0.15) is 15.0 Å². The third-order valence-corrected chi connectivity index (χ3v) is 5.95. The highest BCUT2D eigenvalue weighted by atomic mass is 16.6. The van der Waals surface area contributed by atoms with E-state index in [0.29, 0.717) is 17.5 Å². The molecule has 0 bridgehead atoms. The van der Waals surface area contributed by atoms with Crippen molar-refractivity contribution in [2.75, 3.05) is 6.61 Å². The Balaban J connectivity index is 1.33. The van der Waals surface area contributed by atoms with Crippen molar-refractivity contribution in [1.82, 2.24) is 15.0 Å². The molecule has 2 heterocycles. The number of aryl methyl sites for hydroxylation is 2. The van der Waals surface area contributed by atoms with Gasteiger partial charge in [-0.1, -0.05) is 47.5 Å². The molecular weight excluding hydrogens is 446 g/mol. The highest BCUT2D eigenvalue weighted by Gasteiger charge is 2.41. The first-order valence-electron chi connectivity index (χ1n) is 11.4. The van der Waals surface area contributed by atoms with Crippen molar-refractivity contribution in [3.8, 4) is 0 Å². The number of ether oxygens (including phenoxy) is 3. The van der Waals surface area contributed by atoms with Gasteiger partial charge in [0, 0.05) is 6.42 Å². The SMILES string of the molecule is Cc1ccc(C(=O)OC[C@H]2O[C@@H](n3nc4ccccc4n3)C[C@@H]2OC(=O)c2ccc(C)cc2)cc1. The third-order valence-electron chi connectivity index (χ3n) is 5.95. The summed E-state index contributed by atoms with van der Waals surface area (Å²) in [5.41, 5.74) is 4.45. The molecule has 0 amide bonds. The van der Waals surface area contributed by atoms with Crippen LogP contribution in [-0.4, -0.2) is 45.7 Å². The van der Waals surface area contributed by atoms with Gasteiger partial charge in [0.1, 0.15) is 29.8 Å². The van der Waals surface area contributed by atoms with Crippen LogP contribution in [0, 0.1) is 13.8 Å². The second-order valence-corrected chi connectivity index (χ2v) is 8.65. The van der Waals surface area contributed by atoms with Crippen LogP contribution in [0.4, 0.5) is 0 Å². The molecule has 1 fully saturated rings. The van der Waals surface area contributed by atoms with Crippen molar-refractivity contribution in [3.63, 3.8) is 0 Å². The lowest BCUT2D eigenvalue weighted by atomic mass is 10.1. The summed E-state index contributed by atoms with van der Waals surface area (Å²) in [5.74, 6) is -0.934. The summed E-state index contributed by atoms with van der Waals surface area (Å²) in [5, 5.41) is 8.99. The Kier molecular flexibility index (Phi) is 6.29. The molecule has 0 unspecified atom stereocenters. The van der Waals surface area contributed by atoms with Crippen LogP contribution in [0.25, 0.3) is 11.0 Å². The van der Waals surface area contributed by atoms with E-state index in [2.05, 4.69) is 10.2 Å². The lowest BCUT2D eigenvalue weighted by Crippen LogP contribution is -2.32. The lowest BCUT2D eigenvalue weighted by molar-refractivity contribution is -0.0633. The molecular formula is C27H25N3O5. The first-order valence-corrected chi connectivity index (χ1v) is 11.4. The van der Waals surface area contributed by atoms with Gasteiger partial charge in [-0.15, -0.1) is 0 Å². The fourth-order valence-electron chi connectivity index (χ4n) is 3.95.